The maximum atomic E-state index is 13.3. The van der Waals surface area contributed by atoms with Crippen molar-refractivity contribution >= 4 is 15.9 Å². The van der Waals surface area contributed by atoms with Crippen molar-refractivity contribution in [3.8, 4) is 5.75 Å². The van der Waals surface area contributed by atoms with E-state index in [0.717, 1.165) is 37.9 Å². The van der Waals surface area contributed by atoms with Crippen molar-refractivity contribution in [2.24, 2.45) is 5.92 Å². The van der Waals surface area contributed by atoms with E-state index in [1.165, 1.54) is 9.87 Å². The average Bonchev–Trinajstić information content (AvgIpc) is 2.89. The molecule has 0 aliphatic carbocycles. The van der Waals surface area contributed by atoms with Gasteiger partial charge >= 0.3 is 0 Å². The monoisotopic (exact) mass is 506 g/mol. The lowest BCUT2D eigenvalue weighted by Crippen LogP contribution is -2.39. The number of carbonyl (C=O) groups excluding carboxylic acids is 1. The first-order valence-corrected chi connectivity index (χ1v) is 13.7. The van der Waals surface area contributed by atoms with Gasteiger partial charge in [-0.1, -0.05) is 48.0 Å². The topological polar surface area (TPSA) is 66.9 Å². The van der Waals surface area contributed by atoms with Gasteiger partial charge in [-0.25, -0.2) is 8.42 Å². The fourth-order valence-corrected chi connectivity index (χ4v) is 5.87. The van der Waals surface area contributed by atoms with Gasteiger partial charge in [0.05, 0.1) is 12.0 Å². The zero-order valence-electron chi connectivity index (χ0n) is 21.2. The Labute approximate surface area is 214 Å². The molecule has 0 N–H and O–H groups in total. The summed E-state index contributed by atoms with van der Waals surface area (Å²) in [6, 6.07) is 22.5. The average molecular weight is 507 g/mol. The third-order valence-electron chi connectivity index (χ3n) is 6.92. The van der Waals surface area contributed by atoms with Crippen LogP contribution < -0.4 is 4.74 Å². The van der Waals surface area contributed by atoms with E-state index >= 15 is 0 Å². The minimum Gasteiger partial charge on any atom is -0.496 e. The van der Waals surface area contributed by atoms with Crippen LogP contribution in [0, 0.1) is 12.8 Å². The van der Waals surface area contributed by atoms with Gasteiger partial charge in [0.15, 0.2) is 0 Å². The van der Waals surface area contributed by atoms with Gasteiger partial charge in [0.25, 0.3) is 5.91 Å². The Hall–Kier alpha value is -3.16. The van der Waals surface area contributed by atoms with Crippen molar-refractivity contribution in [1.29, 1.82) is 0 Å². The molecule has 36 heavy (non-hydrogen) atoms. The molecule has 0 bridgehead atoms. The van der Waals surface area contributed by atoms with Crippen LogP contribution in [0.1, 0.15) is 39.9 Å². The number of piperidine rings is 1. The minimum atomic E-state index is -3.68. The zero-order chi connectivity index (χ0) is 25.7. The van der Waals surface area contributed by atoms with Crippen LogP contribution in [0.3, 0.4) is 0 Å². The number of benzene rings is 3. The number of aryl methyl sites for hydroxylation is 1. The molecule has 4 rings (SSSR count). The molecular weight excluding hydrogens is 472 g/mol. The molecule has 1 amide bonds. The summed E-state index contributed by atoms with van der Waals surface area (Å²) in [5, 5.41) is 0. The van der Waals surface area contributed by atoms with E-state index in [1.54, 1.807) is 56.6 Å². The van der Waals surface area contributed by atoms with Gasteiger partial charge in [0.2, 0.25) is 10.0 Å². The molecule has 7 heteroatoms. The molecule has 0 unspecified atom stereocenters. The highest BCUT2D eigenvalue weighted by molar-refractivity contribution is 7.89. The van der Waals surface area contributed by atoms with Gasteiger partial charge in [-0.3, -0.25) is 4.79 Å². The molecular formula is C29H34N2O4S. The van der Waals surface area contributed by atoms with E-state index in [2.05, 4.69) is 24.3 Å². The molecule has 3 aromatic rings. The van der Waals surface area contributed by atoms with Crippen molar-refractivity contribution in [2.45, 2.75) is 37.6 Å². The van der Waals surface area contributed by atoms with Crippen LogP contribution in [-0.4, -0.2) is 50.8 Å². The molecule has 6 nitrogen and oxygen atoms in total. The van der Waals surface area contributed by atoms with Crippen molar-refractivity contribution < 1.29 is 17.9 Å². The van der Waals surface area contributed by atoms with E-state index in [1.807, 2.05) is 17.9 Å². The maximum absolute atomic E-state index is 13.3. The predicted octanol–water partition coefficient (Wildman–Crippen LogP) is 4.92. The Balaban J connectivity index is 1.44. The van der Waals surface area contributed by atoms with E-state index in [4.69, 9.17) is 4.74 Å². The summed E-state index contributed by atoms with van der Waals surface area (Å²) in [5.74, 6) is 1.10. The Morgan fingerprint density at radius 1 is 1.00 bits per heavy atom. The Bertz CT molecular complexity index is 1280. The molecule has 0 radical (unpaired) electrons. The summed E-state index contributed by atoms with van der Waals surface area (Å²) < 4.78 is 32.9. The number of amides is 1. The third kappa shape index (κ3) is 5.97. The first-order valence-electron chi connectivity index (χ1n) is 12.3. The normalized spacial score (nSPS) is 14.7. The summed E-state index contributed by atoms with van der Waals surface area (Å²) in [6.07, 6.45) is 2.99. The summed E-state index contributed by atoms with van der Waals surface area (Å²) in [5.41, 5.74) is 3.54. The molecule has 1 saturated heterocycles. The molecule has 0 atom stereocenters. The van der Waals surface area contributed by atoms with Crippen LogP contribution in [0.4, 0.5) is 0 Å². The van der Waals surface area contributed by atoms with Gasteiger partial charge in [0.1, 0.15) is 5.75 Å². The first-order chi connectivity index (χ1) is 17.3. The van der Waals surface area contributed by atoms with Gasteiger partial charge in [0, 0.05) is 37.8 Å². The minimum absolute atomic E-state index is 0.0268. The number of sulfonamides is 1. The van der Waals surface area contributed by atoms with E-state index in [-0.39, 0.29) is 17.3 Å². The lowest BCUT2D eigenvalue weighted by atomic mass is 9.90. The van der Waals surface area contributed by atoms with Crippen molar-refractivity contribution in [3.05, 3.63) is 95.1 Å². The first kappa shape index (κ1) is 25.9. The highest BCUT2D eigenvalue weighted by Crippen LogP contribution is 2.27. The number of rotatable bonds is 8. The predicted molar refractivity (Wildman–Crippen MR) is 142 cm³/mol. The van der Waals surface area contributed by atoms with Crippen LogP contribution in [-0.2, 0) is 23.0 Å². The number of hydrogen-bond donors (Lipinski definition) is 0. The second-order valence-corrected chi connectivity index (χ2v) is 11.6. The summed E-state index contributed by atoms with van der Waals surface area (Å²) in [4.78, 5) is 15.4. The Morgan fingerprint density at radius 3 is 2.31 bits per heavy atom. The van der Waals surface area contributed by atoms with Gasteiger partial charge in [-0.05, 0) is 68.0 Å². The lowest BCUT2D eigenvalue weighted by Gasteiger charge is -2.32. The fraction of sp³-hybridized carbons (Fsp3) is 0.345. The van der Waals surface area contributed by atoms with E-state index in [0.29, 0.717) is 22.8 Å². The van der Waals surface area contributed by atoms with Gasteiger partial charge < -0.3 is 9.64 Å². The fourth-order valence-electron chi connectivity index (χ4n) is 4.72. The molecule has 3 aromatic carbocycles. The number of methoxy groups -OCH3 is 1. The number of carbonyl (C=O) groups is 1. The third-order valence-corrected chi connectivity index (χ3v) is 8.74. The SMILES string of the molecule is COc1ccc(C(=O)N2CCC(Cc3ccccc3)CC2)cc1CN(C)S(=O)(=O)c1ccc(C)cc1. The molecule has 0 aromatic heterocycles. The molecule has 1 heterocycles. The highest BCUT2D eigenvalue weighted by Gasteiger charge is 2.26. The maximum Gasteiger partial charge on any atom is 0.253 e. The molecule has 190 valence electrons. The molecule has 1 aliphatic heterocycles. The van der Waals surface area contributed by atoms with Crippen LogP contribution in [0.25, 0.3) is 0 Å². The van der Waals surface area contributed by atoms with Crippen molar-refractivity contribution in [3.63, 3.8) is 0 Å². The second-order valence-electron chi connectivity index (χ2n) is 9.53. The number of ether oxygens (including phenoxy) is 1. The lowest BCUT2D eigenvalue weighted by molar-refractivity contribution is 0.0690. The van der Waals surface area contributed by atoms with Crippen molar-refractivity contribution in [1.82, 2.24) is 9.21 Å². The Kier molecular flexibility index (Phi) is 8.11. The molecule has 1 fully saturated rings. The summed E-state index contributed by atoms with van der Waals surface area (Å²) >= 11 is 0. The second kappa shape index (κ2) is 11.3. The van der Waals surface area contributed by atoms with E-state index in [9.17, 15) is 13.2 Å². The van der Waals surface area contributed by atoms with Crippen LogP contribution >= 0.6 is 0 Å². The molecule has 1 aliphatic rings. The Morgan fingerprint density at radius 2 is 1.67 bits per heavy atom. The number of hydrogen-bond acceptors (Lipinski definition) is 4. The number of likely N-dealkylation sites (tertiary alicyclic amines) is 1. The summed E-state index contributed by atoms with van der Waals surface area (Å²) in [7, 11) is -0.592. The quantitative estimate of drug-likeness (QED) is 0.435. The van der Waals surface area contributed by atoms with Gasteiger partial charge in [-0.2, -0.15) is 4.31 Å². The summed E-state index contributed by atoms with van der Waals surface area (Å²) in [6.45, 7) is 3.46. The zero-order valence-corrected chi connectivity index (χ0v) is 22.0. The van der Waals surface area contributed by atoms with E-state index < -0.39 is 10.0 Å². The smallest absolute Gasteiger partial charge is 0.253 e. The highest BCUT2D eigenvalue weighted by atomic mass is 32.2. The van der Waals surface area contributed by atoms with Crippen LogP contribution in [0.5, 0.6) is 5.75 Å². The van der Waals surface area contributed by atoms with Gasteiger partial charge in [-0.15, -0.1) is 0 Å². The van der Waals surface area contributed by atoms with Crippen LogP contribution in [0.15, 0.2) is 77.7 Å². The largest absolute Gasteiger partial charge is 0.496 e. The molecule has 0 spiro atoms. The molecule has 0 saturated carbocycles. The number of nitrogens with zero attached hydrogens (tertiary/aromatic N) is 2. The standard InChI is InChI=1S/C29H34N2O4S/c1-22-9-12-27(13-10-22)36(33,34)30(2)21-26-20-25(11-14-28(26)35-3)29(32)31-17-15-24(16-18-31)19-23-7-5-4-6-8-23/h4-14,20,24H,15-19,21H2,1-3H3. The van der Waals surface area contributed by atoms with Crippen LogP contribution in [0.2, 0.25) is 0 Å². The van der Waals surface area contributed by atoms with Crippen molar-refractivity contribution in [2.75, 3.05) is 27.2 Å².